The van der Waals surface area contributed by atoms with Crippen LogP contribution in [0.1, 0.15) is 12.0 Å². The Bertz CT molecular complexity index is 694. The lowest BCUT2D eigenvalue weighted by Crippen LogP contribution is -2.62. The highest BCUT2D eigenvalue weighted by atomic mass is 32.1. The average Bonchev–Trinajstić information content (AvgIpc) is 2.93. The fraction of sp³-hybridized carbons (Fsp3) is 0.619. The van der Waals surface area contributed by atoms with Crippen molar-refractivity contribution >= 4 is 23.0 Å². The standard InChI is InChI=1S/C21H31N5OS/c1-27-11-5-8-22-20(28)24-23-19-18-13-25-9-10-26(14-18)16-21(19,15-25)12-17-6-3-2-4-7-17/h2-4,6-7,18H,5,8-16H2,1H3,(H2,22,24,28)/b23-19+. The molecule has 28 heavy (non-hydrogen) atoms. The van der Waals surface area contributed by atoms with Crippen molar-refractivity contribution in [2.75, 3.05) is 59.5 Å². The van der Waals surface area contributed by atoms with Crippen molar-refractivity contribution in [3.05, 3.63) is 35.9 Å². The third kappa shape index (κ3) is 4.38. The topological polar surface area (TPSA) is 52.1 Å². The third-order valence-electron chi connectivity index (χ3n) is 6.15. The number of methoxy groups -OCH3 is 1. The Morgan fingerprint density at radius 1 is 1.21 bits per heavy atom. The molecule has 4 heterocycles. The summed E-state index contributed by atoms with van der Waals surface area (Å²) in [7, 11) is 1.72. The molecule has 4 aliphatic rings. The minimum absolute atomic E-state index is 0.0671. The number of thiocarbonyl (C=S) groups is 1. The molecule has 1 aromatic rings. The monoisotopic (exact) mass is 401 g/mol. The van der Waals surface area contributed by atoms with Gasteiger partial charge < -0.3 is 19.9 Å². The van der Waals surface area contributed by atoms with Crippen LogP contribution in [-0.4, -0.2) is 80.2 Å². The minimum atomic E-state index is 0.0671. The quantitative estimate of drug-likeness (QED) is 0.409. The molecule has 0 aromatic heterocycles. The van der Waals surface area contributed by atoms with Crippen LogP contribution in [0.15, 0.2) is 35.4 Å². The molecular formula is C21H31N5OS. The number of benzene rings is 1. The molecule has 0 amide bonds. The molecule has 2 N–H and O–H groups in total. The summed E-state index contributed by atoms with van der Waals surface area (Å²) in [4.78, 5) is 5.28. The summed E-state index contributed by atoms with van der Waals surface area (Å²) in [5.41, 5.74) is 5.92. The van der Waals surface area contributed by atoms with Crippen LogP contribution in [0.5, 0.6) is 0 Å². The van der Waals surface area contributed by atoms with Gasteiger partial charge in [-0.1, -0.05) is 30.3 Å². The Hall–Kier alpha value is -1.54. The maximum atomic E-state index is 5.44. The normalized spacial score (nSPS) is 32.3. The van der Waals surface area contributed by atoms with Gasteiger partial charge in [0.15, 0.2) is 5.11 Å². The highest BCUT2D eigenvalue weighted by molar-refractivity contribution is 7.80. The summed E-state index contributed by atoms with van der Waals surface area (Å²) in [6, 6.07) is 10.8. The van der Waals surface area contributed by atoms with Crippen molar-refractivity contribution in [2.24, 2.45) is 16.4 Å². The van der Waals surface area contributed by atoms with E-state index in [1.54, 1.807) is 7.11 Å². The van der Waals surface area contributed by atoms with Crippen molar-refractivity contribution in [2.45, 2.75) is 12.8 Å². The summed E-state index contributed by atoms with van der Waals surface area (Å²) in [5, 5.41) is 8.74. The smallest absolute Gasteiger partial charge is 0.186 e. The number of nitrogens with zero attached hydrogens (tertiary/aromatic N) is 3. The van der Waals surface area contributed by atoms with Crippen molar-refractivity contribution in [1.29, 1.82) is 0 Å². The zero-order chi connectivity index (χ0) is 19.4. The Labute approximate surface area is 173 Å². The van der Waals surface area contributed by atoms with Gasteiger partial charge >= 0.3 is 0 Å². The SMILES string of the molecule is COCCCNC(=S)N/N=C1\C2CN3CCN(C2)CC1(Cc1ccccc1)C3. The predicted molar refractivity (Wildman–Crippen MR) is 117 cm³/mol. The molecule has 7 heteroatoms. The van der Waals surface area contributed by atoms with Gasteiger partial charge in [0.25, 0.3) is 0 Å². The molecule has 5 rings (SSSR count). The van der Waals surface area contributed by atoms with Crippen LogP contribution in [0.3, 0.4) is 0 Å². The van der Waals surface area contributed by atoms with Gasteiger partial charge in [-0.05, 0) is 30.6 Å². The number of hydrogen-bond acceptors (Lipinski definition) is 5. The Morgan fingerprint density at radius 2 is 1.93 bits per heavy atom. The zero-order valence-electron chi connectivity index (χ0n) is 16.7. The molecule has 4 saturated heterocycles. The van der Waals surface area contributed by atoms with E-state index in [0.717, 1.165) is 52.2 Å². The van der Waals surface area contributed by atoms with E-state index in [0.29, 0.717) is 11.0 Å². The van der Waals surface area contributed by atoms with E-state index in [1.165, 1.54) is 24.4 Å². The van der Waals surface area contributed by atoms with E-state index in [-0.39, 0.29) is 5.41 Å². The molecule has 4 bridgehead atoms. The fourth-order valence-electron chi connectivity index (χ4n) is 5.08. The molecule has 2 unspecified atom stereocenters. The first-order valence-corrected chi connectivity index (χ1v) is 10.7. The highest BCUT2D eigenvalue weighted by Crippen LogP contribution is 2.40. The molecule has 0 aliphatic carbocycles. The number of fused-ring (bicyclic) bond motifs is 1. The molecule has 0 radical (unpaired) electrons. The van der Waals surface area contributed by atoms with Crippen LogP contribution in [0.25, 0.3) is 0 Å². The van der Waals surface area contributed by atoms with Gasteiger partial charge in [-0.15, -0.1) is 0 Å². The lowest BCUT2D eigenvalue weighted by atomic mass is 9.67. The maximum absolute atomic E-state index is 5.44. The minimum Gasteiger partial charge on any atom is -0.385 e. The summed E-state index contributed by atoms with van der Waals surface area (Å²) in [5.74, 6) is 0.484. The van der Waals surface area contributed by atoms with Crippen LogP contribution in [0.2, 0.25) is 0 Å². The number of rotatable bonds is 7. The number of piperidine rings is 2. The average molecular weight is 402 g/mol. The fourth-order valence-corrected chi connectivity index (χ4v) is 5.22. The van der Waals surface area contributed by atoms with Crippen molar-refractivity contribution in [3.8, 4) is 0 Å². The maximum Gasteiger partial charge on any atom is 0.186 e. The summed E-state index contributed by atoms with van der Waals surface area (Å²) >= 11 is 5.44. The van der Waals surface area contributed by atoms with E-state index in [1.807, 2.05) is 0 Å². The highest BCUT2D eigenvalue weighted by Gasteiger charge is 2.52. The molecule has 4 fully saturated rings. The van der Waals surface area contributed by atoms with Crippen molar-refractivity contribution in [1.82, 2.24) is 20.5 Å². The van der Waals surface area contributed by atoms with E-state index in [4.69, 9.17) is 22.1 Å². The molecule has 6 nitrogen and oxygen atoms in total. The lowest BCUT2D eigenvalue weighted by Gasteiger charge is -2.50. The molecule has 0 spiro atoms. The van der Waals surface area contributed by atoms with E-state index in [2.05, 4.69) is 50.9 Å². The van der Waals surface area contributed by atoms with E-state index < -0.39 is 0 Å². The summed E-state index contributed by atoms with van der Waals surface area (Å²) in [6.07, 6.45) is 1.96. The summed E-state index contributed by atoms with van der Waals surface area (Å²) in [6.45, 7) is 8.28. The predicted octanol–water partition coefficient (Wildman–Crippen LogP) is 1.33. The molecule has 2 atom stereocenters. The van der Waals surface area contributed by atoms with Gasteiger partial charge in [0, 0.05) is 70.9 Å². The van der Waals surface area contributed by atoms with Crippen LogP contribution >= 0.6 is 12.2 Å². The molecule has 4 aliphatic heterocycles. The molecule has 0 saturated carbocycles. The number of hydrogen-bond donors (Lipinski definition) is 2. The number of nitrogens with one attached hydrogen (secondary N) is 2. The molecule has 1 aromatic carbocycles. The van der Waals surface area contributed by atoms with E-state index >= 15 is 0 Å². The Balaban J connectivity index is 1.51. The van der Waals surface area contributed by atoms with Crippen molar-refractivity contribution in [3.63, 3.8) is 0 Å². The van der Waals surface area contributed by atoms with Gasteiger partial charge in [0.1, 0.15) is 0 Å². The second-order valence-corrected chi connectivity index (χ2v) is 8.73. The van der Waals surface area contributed by atoms with Crippen molar-refractivity contribution < 1.29 is 4.74 Å². The Morgan fingerprint density at radius 3 is 2.61 bits per heavy atom. The Kier molecular flexibility index (Phi) is 6.25. The first-order chi connectivity index (χ1) is 13.7. The largest absolute Gasteiger partial charge is 0.385 e. The van der Waals surface area contributed by atoms with Crippen LogP contribution in [0.4, 0.5) is 0 Å². The van der Waals surface area contributed by atoms with Crippen LogP contribution < -0.4 is 10.7 Å². The summed E-state index contributed by atoms with van der Waals surface area (Å²) < 4.78 is 5.08. The second-order valence-electron chi connectivity index (χ2n) is 8.32. The molecule has 152 valence electrons. The lowest BCUT2D eigenvalue weighted by molar-refractivity contribution is 0.117. The van der Waals surface area contributed by atoms with Crippen LogP contribution in [0, 0.1) is 11.3 Å². The molecular weight excluding hydrogens is 370 g/mol. The van der Waals surface area contributed by atoms with Gasteiger partial charge in [-0.2, -0.15) is 5.10 Å². The zero-order valence-corrected chi connectivity index (χ0v) is 17.5. The number of hydrazone groups is 1. The first-order valence-electron chi connectivity index (χ1n) is 10.3. The van der Waals surface area contributed by atoms with E-state index in [9.17, 15) is 0 Å². The van der Waals surface area contributed by atoms with Gasteiger partial charge in [-0.25, -0.2) is 0 Å². The van der Waals surface area contributed by atoms with Crippen LogP contribution in [-0.2, 0) is 11.2 Å². The second kappa shape index (κ2) is 8.86. The van der Waals surface area contributed by atoms with Gasteiger partial charge in [-0.3, -0.25) is 5.43 Å². The number of ether oxygens (including phenoxy) is 1. The van der Waals surface area contributed by atoms with Gasteiger partial charge in [0.05, 0.1) is 5.71 Å². The first kappa shape index (κ1) is 19.8. The third-order valence-corrected chi connectivity index (χ3v) is 6.38. The van der Waals surface area contributed by atoms with Gasteiger partial charge in [0.2, 0.25) is 0 Å².